The number of likely N-dealkylation sites (N-methyl/N-ethyl adjacent to an activating group) is 1. The Labute approximate surface area is 98.0 Å². The summed E-state index contributed by atoms with van der Waals surface area (Å²) >= 11 is 0. The lowest BCUT2D eigenvalue weighted by Gasteiger charge is -2.27. The molecule has 5 nitrogen and oxygen atoms in total. The number of carbonyl (C=O) groups is 1. The molecule has 1 amide bonds. The molecule has 0 aromatic rings. The summed E-state index contributed by atoms with van der Waals surface area (Å²) < 4.78 is 0. The molecule has 0 aromatic carbocycles. The molecule has 0 fully saturated rings. The van der Waals surface area contributed by atoms with Crippen LogP contribution in [-0.2, 0) is 4.79 Å². The van der Waals surface area contributed by atoms with Crippen molar-refractivity contribution in [1.29, 1.82) is 0 Å². The lowest BCUT2D eigenvalue weighted by Crippen LogP contribution is -2.47. The van der Waals surface area contributed by atoms with Crippen molar-refractivity contribution in [3.63, 3.8) is 0 Å². The third-order valence-electron chi connectivity index (χ3n) is 2.18. The lowest BCUT2D eigenvalue weighted by molar-refractivity contribution is -0.122. The predicted molar refractivity (Wildman–Crippen MR) is 65.1 cm³/mol. The molecule has 16 heavy (non-hydrogen) atoms. The van der Waals surface area contributed by atoms with E-state index in [1.807, 2.05) is 19.0 Å². The minimum Gasteiger partial charge on any atom is -0.387 e. The van der Waals surface area contributed by atoms with Crippen LogP contribution in [0.15, 0.2) is 0 Å². The van der Waals surface area contributed by atoms with Crippen LogP contribution in [-0.4, -0.2) is 55.2 Å². The fraction of sp³-hybridized carbons (Fsp3) is 0.909. The van der Waals surface area contributed by atoms with Gasteiger partial charge in [-0.3, -0.25) is 4.79 Å². The highest BCUT2D eigenvalue weighted by Gasteiger charge is 2.21. The summed E-state index contributed by atoms with van der Waals surface area (Å²) in [4.78, 5) is 13.3. The molecule has 0 saturated heterocycles. The Bertz CT molecular complexity index is 205. The number of amides is 1. The molecule has 0 aliphatic carbocycles. The van der Waals surface area contributed by atoms with Crippen molar-refractivity contribution in [2.75, 3.05) is 33.7 Å². The summed E-state index contributed by atoms with van der Waals surface area (Å²) in [6.07, 6.45) is 2.15. The summed E-state index contributed by atoms with van der Waals surface area (Å²) in [6, 6.07) is 0. The smallest absolute Gasteiger partial charge is 0.220 e. The van der Waals surface area contributed by atoms with Crippen LogP contribution >= 0.6 is 0 Å². The first kappa shape index (κ1) is 15.3. The van der Waals surface area contributed by atoms with Crippen LogP contribution < -0.4 is 11.1 Å². The maximum absolute atomic E-state index is 11.4. The Kier molecular flexibility index (Phi) is 7.29. The summed E-state index contributed by atoms with van der Waals surface area (Å²) in [7, 11) is 3.77. The SMILES string of the molecule is CN(C)CC(C)(O)CNC(=O)CCCCN. The van der Waals surface area contributed by atoms with Gasteiger partial charge in [0, 0.05) is 19.5 Å². The number of nitrogens with zero attached hydrogens (tertiary/aromatic N) is 1. The van der Waals surface area contributed by atoms with Gasteiger partial charge in [-0.2, -0.15) is 0 Å². The molecule has 4 N–H and O–H groups in total. The minimum atomic E-state index is -0.882. The summed E-state index contributed by atoms with van der Waals surface area (Å²) in [5.41, 5.74) is 4.45. The molecule has 1 unspecified atom stereocenters. The Morgan fingerprint density at radius 1 is 1.44 bits per heavy atom. The van der Waals surface area contributed by atoms with E-state index in [2.05, 4.69) is 5.32 Å². The van der Waals surface area contributed by atoms with Gasteiger partial charge >= 0.3 is 0 Å². The normalized spacial score (nSPS) is 14.9. The standard InChI is InChI=1S/C11H25N3O2/c1-11(16,9-14(2)3)8-13-10(15)6-4-5-7-12/h16H,4-9,12H2,1-3H3,(H,13,15). The molecule has 0 aliphatic heterocycles. The van der Waals surface area contributed by atoms with E-state index < -0.39 is 5.60 Å². The molecule has 0 bridgehead atoms. The van der Waals surface area contributed by atoms with Gasteiger partial charge < -0.3 is 21.1 Å². The van der Waals surface area contributed by atoms with Crippen molar-refractivity contribution in [1.82, 2.24) is 10.2 Å². The highest BCUT2D eigenvalue weighted by molar-refractivity contribution is 5.75. The highest BCUT2D eigenvalue weighted by Crippen LogP contribution is 2.03. The zero-order valence-corrected chi connectivity index (χ0v) is 10.6. The van der Waals surface area contributed by atoms with Crippen LogP contribution in [0.2, 0.25) is 0 Å². The van der Waals surface area contributed by atoms with Gasteiger partial charge in [0.2, 0.25) is 5.91 Å². The van der Waals surface area contributed by atoms with Crippen molar-refractivity contribution in [3.05, 3.63) is 0 Å². The van der Waals surface area contributed by atoms with Crippen molar-refractivity contribution >= 4 is 5.91 Å². The lowest BCUT2D eigenvalue weighted by atomic mass is 10.1. The average Bonchev–Trinajstić information content (AvgIpc) is 2.13. The van der Waals surface area contributed by atoms with Gasteiger partial charge in [-0.15, -0.1) is 0 Å². The molecule has 5 heteroatoms. The maximum atomic E-state index is 11.4. The zero-order chi connectivity index (χ0) is 12.6. The first-order valence-corrected chi connectivity index (χ1v) is 5.71. The number of rotatable bonds is 8. The van der Waals surface area contributed by atoms with Crippen LogP contribution in [0, 0.1) is 0 Å². The molecule has 0 rings (SSSR count). The van der Waals surface area contributed by atoms with E-state index in [9.17, 15) is 9.90 Å². The van der Waals surface area contributed by atoms with E-state index in [0.717, 1.165) is 12.8 Å². The molecule has 0 heterocycles. The first-order chi connectivity index (χ1) is 7.37. The van der Waals surface area contributed by atoms with Crippen molar-refractivity contribution < 1.29 is 9.90 Å². The Morgan fingerprint density at radius 2 is 2.06 bits per heavy atom. The first-order valence-electron chi connectivity index (χ1n) is 5.71. The maximum Gasteiger partial charge on any atom is 0.220 e. The van der Waals surface area contributed by atoms with E-state index in [-0.39, 0.29) is 12.5 Å². The number of hydrogen-bond acceptors (Lipinski definition) is 4. The Hall–Kier alpha value is -0.650. The van der Waals surface area contributed by atoms with Gasteiger partial charge in [-0.05, 0) is 40.4 Å². The number of carbonyl (C=O) groups excluding carboxylic acids is 1. The van der Waals surface area contributed by atoms with Crippen LogP contribution in [0.5, 0.6) is 0 Å². The molecule has 1 atom stereocenters. The van der Waals surface area contributed by atoms with Gasteiger partial charge in [0.1, 0.15) is 0 Å². The van der Waals surface area contributed by atoms with E-state index in [0.29, 0.717) is 19.5 Å². The van der Waals surface area contributed by atoms with E-state index in [1.54, 1.807) is 6.92 Å². The Morgan fingerprint density at radius 3 is 2.56 bits per heavy atom. The number of hydrogen-bond donors (Lipinski definition) is 3. The van der Waals surface area contributed by atoms with Crippen LogP contribution in [0.4, 0.5) is 0 Å². The molecule has 0 spiro atoms. The second kappa shape index (κ2) is 7.60. The van der Waals surface area contributed by atoms with E-state index >= 15 is 0 Å². The van der Waals surface area contributed by atoms with E-state index in [4.69, 9.17) is 5.73 Å². The fourth-order valence-corrected chi connectivity index (χ4v) is 1.54. The third kappa shape index (κ3) is 8.64. The molecular formula is C11H25N3O2. The zero-order valence-electron chi connectivity index (χ0n) is 10.6. The second-order valence-electron chi connectivity index (χ2n) is 4.76. The van der Waals surface area contributed by atoms with Crippen molar-refractivity contribution in [2.45, 2.75) is 31.8 Å². The molecule has 0 aromatic heterocycles. The molecule has 0 radical (unpaired) electrons. The highest BCUT2D eigenvalue weighted by atomic mass is 16.3. The van der Waals surface area contributed by atoms with Gasteiger partial charge in [0.25, 0.3) is 0 Å². The second-order valence-corrected chi connectivity index (χ2v) is 4.76. The van der Waals surface area contributed by atoms with Gasteiger partial charge in [0.15, 0.2) is 0 Å². The van der Waals surface area contributed by atoms with Crippen LogP contribution in [0.3, 0.4) is 0 Å². The van der Waals surface area contributed by atoms with E-state index in [1.165, 1.54) is 0 Å². The van der Waals surface area contributed by atoms with Crippen molar-refractivity contribution in [3.8, 4) is 0 Å². The number of nitrogens with one attached hydrogen (secondary N) is 1. The average molecular weight is 231 g/mol. The van der Waals surface area contributed by atoms with Gasteiger partial charge in [-0.1, -0.05) is 0 Å². The fourth-order valence-electron chi connectivity index (χ4n) is 1.54. The van der Waals surface area contributed by atoms with Crippen molar-refractivity contribution in [2.24, 2.45) is 5.73 Å². The quantitative estimate of drug-likeness (QED) is 0.494. The number of nitrogens with two attached hydrogens (primary N) is 1. The monoisotopic (exact) mass is 231 g/mol. The molecule has 96 valence electrons. The molecular weight excluding hydrogens is 206 g/mol. The summed E-state index contributed by atoms with van der Waals surface area (Å²) in [5, 5.41) is 12.7. The van der Waals surface area contributed by atoms with Gasteiger partial charge in [0.05, 0.1) is 5.60 Å². The third-order valence-corrected chi connectivity index (χ3v) is 2.18. The number of unbranched alkanes of at least 4 members (excludes halogenated alkanes) is 1. The number of aliphatic hydroxyl groups is 1. The van der Waals surface area contributed by atoms with Crippen LogP contribution in [0.1, 0.15) is 26.2 Å². The largest absolute Gasteiger partial charge is 0.387 e. The Balaban J connectivity index is 3.72. The van der Waals surface area contributed by atoms with Gasteiger partial charge in [-0.25, -0.2) is 0 Å². The van der Waals surface area contributed by atoms with Crippen LogP contribution in [0.25, 0.3) is 0 Å². The summed E-state index contributed by atoms with van der Waals surface area (Å²) in [6.45, 7) is 3.14. The summed E-state index contributed by atoms with van der Waals surface area (Å²) in [5.74, 6) is -0.0209. The minimum absolute atomic E-state index is 0.0209. The molecule has 0 aliphatic rings. The topological polar surface area (TPSA) is 78.6 Å². The molecule has 0 saturated carbocycles. The predicted octanol–water partition coefficient (Wildman–Crippen LogP) is -0.456.